The molecule has 1 saturated heterocycles. The lowest BCUT2D eigenvalue weighted by molar-refractivity contribution is -0.0586. The van der Waals surface area contributed by atoms with Crippen molar-refractivity contribution >= 4 is 35.8 Å². The molecular formula is C20H31IN4O2. The number of carbonyl (C=O) groups excluding carboxylic acids is 1. The van der Waals surface area contributed by atoms with Gasteiger partial charge in [0, 0.05) is 38.3 Å². The van der Waals surface area contributed by atoms with Crippen molar-refractivity contribution in [2.75, 3.05) is 20.1 Å². The van der Waals surface area contributed by atoms with Crippen LogP contribution in [0.5, 0.6) is 0 Å². The number of hydrogen-bond donors (Lipinski definition) is 2. The molecular weight excluding hydrogens is 455 g/mol. The van der Waals surface area contributed by atoms with E-state index in [9.17, 15) is 4.79 Å². The molecule has 2 fully saturated rings. The number of nitrogens with zero attached hydrogens (tertiary/aromatic N) is 2. The minimum atomic E-state index is 0. The molecule has 27 heavy (non-hydrogen) atoms. The number of carbonyl (C=O) groups is 1. The number of nitrogens with one attached hydrogen (secondary N) is 2. The van der Waals surface area contributed by atoms with Crippen molar-refractivity contribution in [1.29, 1.82) is 0 Å². The van der Waals surface area contributed by atoms with E-state index in [0.717, 1.165) is 23.0 Å². The van der Waals surface area contributed by atoms with Crippen molar-refractivity contribution in [3.63, 3.8) is 0 Å². The summed E-state index contributed by atoms with van der Waals surface area (Å²) in [6.45, 7) is 8.22. The first-order valence-electron chi connectivity index (χ1n) is 9.47. The van der Waals surface area contributed by atoms with Gasteiger partial charge in [-0.25, -0.2) is 0 Å². The number of hydrogen-bond acceptors (Lipinski definition) is 3. The fourth-order valence-corrected chi connectivity index (χ4v) is 3.37. The van der Waals surface area contributed by atoms with Gasteiger partial charge in [0.2, 0.25) is 0 Å². The maximum Gasteiger partial charge on any atom is 0.254 e. The summed E-state index contributed by atoms with van der Waals surface area (Å²) in [5.74, 6) is 1.63. The van der Waals surface area contributed by atoms with Crippen LogP contribution in [-0.2, 0) is 11.3 Å². The second-order valence-corrected chi connectivity index (χ2v) is 7.55. The number of amides is 1. The van der Waals surface area contributed by atoms with E-state index in [4.69, 9.17) is 4.74 Å². The predicted octanol–water partition coefficient (Wildman–Crippen LogP) is 2.63. The topological polar surface area (TPSA) is 66.0 Å². The number of halogens is 1. The number of benzene rings is 1. The van der Waals surface area contributed by atoms with Gasteiger partial charge in [-0.05, 0) is 43.9 Å². The van der Waals surface area contributed by atoms with Gasteiger partial charge >= 0.3 is 0 Å². The Morgan fingerprint density at radius 1 is 1.19 bits per heavy atom. The lowest BCUT2D eigenvalue weighted by Crippen LogP contribution is -2.48. The zero-order chi connectivity index (χ0) is 18.7. The Morgan fingerprint density at radius 3 is 2.30 bits per heavy atom. The van der Waals surface area contributed by atoms with Crippen LogP contribution in [0.25, 0.3) is 0 Å². The normalized spacial score (nSPS) is 27.6. The third kappa shape index (κ3) is 6.07. The highest BCUT2D eigenvalue weighted by Crippen LogP contribution is 2.28. The van der Waals surface area contributed by atoms with Gasteiger partial charge in [-0.1, -0.05) is 19.1 Å². The van der Waals surface area contributed by atoms with Gasteiger partial charge in [0.05, 0.1) is 12.2 Å². The number of rotatable bonds is 4. The highest BCUT2D eigenvalue weighted by molar-refractivity contribution is 14.0. The summed E-state index contributed by atoms with van der Waals surface area (Å²) in [6, 6.07) is 8.35. The molecule has 0 bridgehead atoms. The first kappa shape index (κ1) is 21.9. The molecule has 1 aromatic rings. The molecule has 4 atom stereocenters. The molecule has 1 aromatic carbocycles. The van der Waals surface area contributed by atoms with Crippen LogP contribution < -0.4 is 10.6 Å². The molecule has 1 aliphatic heterocycles. The van der Waals surface area contributed by atoms with E-state index in [1.807, 2.05) is 43.0 Å². The molecule has 4 unspecified atom stereocenters. The van der Waals surface area contributed by atoms with Gasteiger partial charge in [0.25, 0.3) is 5.91 Å². The second kappa shape index (κ2) is 9.73. The molecule has 6 nitrogen and oxygen atoms in total. The molecule has 0 aromatic heterocycles. The molecule has 0 spiro atoms. The Hall–Kier alpha value is -1.35. The number of aliphatic imine (C=N–C) groups is 1. The zero-order valence-electron chi connectivity index (χ0n) is 16.6. The maximum atomic E-state index is 12.7. The van der Waals surface area contributed by atoms with Crippen LogP contribution in [0.3, 0.4) is 0 Å². The first-order chi connectivity index (χ1) is 12.5. The molecule has 1 amide bonds. The molecule has 1 saturated carbocycles. The standard InChI is InChI=1S/C20H30N4O2.HI/c1-13-9-18(13)23-20(21-4)22-10-16-5-7-17(8-6-16)19(25)24-11-14(2)26-15(3)12-24;/h5-8,13-15,18H,9-12H2,1-4H3,(H2,21,22,23);1H. The maximum absolute atomic E-state index is 12.7. The second-order valence-electron chi connectivity index (χ2n) is 7.55. The van der Waals surface area contributed by atoms with Crippen molar-refractivity contribution < 1.29 is 9.53 Å². The fourth-order valence-electron chi connectivity index (χ4n) is 3.37. The van der Waals surface area contributed by atoms with E-state index in [0.29, 0.717) is 25.7 Å². The number of guanidine groups is 1. The lowest BCUT2D eigenvalue weighted by Gasteiger charge is -2.35. The third-order valence-corrected chi connectivity index (χ3v) is 5.02. The smallest absolute Gasteiger partial charge is 0.254 e. The van der Waals surface area contributed by atoms with Crippen LogP contribution in [0.1, 0.15) is 43.1 Å². The van der Waals surface area contributed by atoms with Gasteiger partial charge in [0.15, 0.2) is 5.96 Å². The third-order valence-electron chi connectivity index (χ3n) is 5.02. The Balaban J connectivity index is 0.00000261. The summed E-state index contributed by atoms with van der Waals surface area (Å²) >= 11 is 0. The molecule has 150 valence electrons. The summed E-state index contributed by atoms with van der Waals surface area (Å²) in [5.41, 5.74) is 1.85. The molecule has 1 heterocycles. The van der Waals surface area contributed by atoms with E-state index in [1.54, 1.807) is 7.05 Å². The molecule has 1 aliphatic carbocycles. The number of ether oxygens (including phenoxy) is 1. The highest BCUT2D eigenvalue weighted by atomic mass is 127. The van der Waals surface area contributed by atoms with Crippen LogP contribution >= 0.6 is 24.0 Å². The average molecular weight is 486 g/mol. The van der Waals surface area contributed by atoms with Crippen LogP contribution in [0.2, 0.25) is 0 Å². The van der Waals surface area contributed by atoms with Crippen molar-refractivity contribution in [2.45, 2.75) is 52.0 Å². The minimum absolute atomic E-state index is 0. The quantitative estimate of drug-likeness (QED) is 0.390. The van der Waals surface area contributed by atoms with Gasteiger partial charge < -0.3 is 20.3 Å². The largest absolute Gasteiger partial charge is 0.372 e. The van der Waals surface area contributed by atoms with E-state index >= 15 is 0 Å². The Kier molecular flexibility index (Phi) is 7.91. The summed E-state index contributed by atoms with van der Waals surface area (Å²) in [4.78, 5) is 18.8. The summed E-state index contributed by atoms with van der Waals surface area (Å²) in [5, 5.41) is 6.74. The Morgan fingerprint density at radius 2 is 1.78 bits per heavy atom. The monoisotopic (exact) mass is 486 g/mol. The van der Waals surface area contributed by atoms with Crippen LogP contribution in [-0.4, -0.2) is 55.2 Å². The zero-order valence-corrected chi connectivity index (χ0v) is 18.9. The fraction of sp³-hybridized carbons (Fsp3) is 0.600. The molecule has 0 radical (unpaired) electrons. The van der Waals surface area contributed by atoms with E-state index in [2.05, 4.69) is 22.5 Å². The van der Waals surface area contributed by atoms with Gasteiger partial charge in [-0.3, -0.25) is 9.79 Å². The molecule has 2 aliphatic rings. The Bertz CT molecular complexity index is 654. The van der Waals surface area contributed by atoms with Crippen LogP contribution in [0, 0.1) is 5.92 Å². The molecule has 3 rings (SSSR count). The van der Waals surface area contributed by atoms with Gasteiger partial charge in [0.1, 0.15) is 0 Å². The van der Waals surface area contributed by atoms with Gasteiger partial charge in [-0.15, -0.1) is 24.0 Å². The molecule has 2 N–H and O–H groups in total. The highest BCUT2D eigenvalue weighted by Gasteiger charge is 2.33. The van der Waals surface area contributed by atoms with E-state index in [1.165, 1.54) is 6.42 Å². The van der Waals surface area contributed by atoms with E-state index in [-0.39, 0.29) is 42.1 Å². The van der Waals surface area contributed by atoms with Crippen molar-refractivity contribution in [1.82, 2.24) is 15.5 Å². The predicted molar refractivity (Wildman–Crippen MR) is 119 cm³/mol. The van der Waals surface area contributed by atoms with E-state index < -0.39 is 0 Å². The average Bonchev–Trinajstić information content (AvgIpc) is 3.32. The first-order valence-corrected chi connectivity index (χ1v) is 9.47. The van der Waals surface area contributed by atoms with Crippen LogP contribution in [0.15, 0.2) is 29.3 Å². The van der Waals surface area contributed by atoms with Gasteiger partial charge in [-0.2, -0.15) is 0 Å². The molecule has 7 heteroatoms. The Labute approximate surface area is 179 Å². The lowest BCUT2D eigenvalue weighted by atomic mass is 10.1. The number of morpholine rings is 1. The van der Waals surface area contributed by atoms with Crippen molar-refractivity contribution in [3.8, 4) is 0 Å². The summed E-state index contributed by atoms with van der Waals surface area (Å²) in [6.07, 6.45) is 1.37. The minimum Gasteiger partial charge on any atom is -0.372 e. The summed E-state index contributed by atoms with van der Waals surface area (Å²) in [7, 11) is 1.79. The SMILES string of the molecule is CN=C(NCc1ccc(C(=O)N2CC(C)OC(C)C2)cc1)NC1CC1C.I. The van der Waals surface area contributed by atoms with Crippen molar-refractivity contribution in [2.24, 2.45) is 10.9 Å². The van der Waals surface area contributed by atoms with Crippen LogP contribution in [0.4, 0.5) is 0 Å². The summed E-state index contributed by atoms with van der Waals surface area (Å²) < 4.78 is 5.71. The van der Waals surface area contributed by atoms with Crippen molar-refractivity contribution in [3.05, 3.63) is 35.4 Å².